The fourth-order valence-electron chi connectivity index (χ4n) is 3.25. The average Bonchev–Trinajstić information content (AvgIpc) is 2.97. The molecule has 0 spiro atoms. The third-order valence-electron chi connectivity index (χ3n) is 5.05. The molecule has 0 radical (unpaired) electrons. The number of nitrogens with one attached hydrogen (secondary N) is 2. The van der Waals surface area contributed by atoms with Crippen LogP contribution in [0.4, 0.5) is 23.7 Å². The number of hydrogen-bond donors (Lipinski definition) is 2. The van der Waals surface area contributed by atoms with Gasteiger partial charge < -0.3 is 15.4 Å². The van der Waals surface area contributed by atoms with Crippen molar-refractivity contribution in [2.45, 2.75) is 32.2 Å². The van der Waals surface area contributed by atoms with Gasteiger partial charge in [0.05, 0.1) is 6.54 Å². The first kappa shape index (κ1) is 23.8. The van der Waals surface area contributed by atoms with Crippen LogP contribution in [0.3, 0.4) is 0 Å². The Hall–Kier alpha value is -3.89. The minimum Gasteiger partial charge on any atom is -0.406 e. The summed E-state index contributed by atoms with van der Waals surface area (Å²) in [5, 5.41) is 5.12. The van der Waals surface area contributed by atoms with Crippen molar-refractivity contribution in [2.75, 3.05) is 11.9 Å². The highest BCUT2D eigenvalue weighted by Gasteiger charge is 2.49. The summed E-state index contributed by atoms with van der Waals surface area (Å²) >= 11 is 0. The molecule has 0 bridgehead atoms. The van der Waals surface area contributed by atoms with Gasteiger partial charge in [-0.1, -0.05) is 19.1 Å². The standard InChI is InChI=1S/C22H20F3N3O5/c1-3-18(30)26-15-8-4-13(5-9-15)17(29)12-28-19(31)21(2,27-20(28)32)14-6-10-16(11-7-14)33-22(23,24)25/h4-11H,3,12H2,1-2H3,(H,26,30)(H,27,32). The second kappa shape index (κ2) is 8.93. The number of carbonyl (C=O) groups is 4. The molecule has 174 valence electrons. The first-order chi connectivity index (χ1) is 15.4. The number of benzene rings is 2. The van der Waals surface area contributed by atoms with Crippen LogP contribution >= 0.6 is 0 Å². The molecule has 1 aliphatic rings. The Morgan fingerprint density at radius 1 is 1.06 bits per heavy atom. The molecule has 0 aromatic heterocycles. The number of nitrogens with zero attached hydrogens (tertiary/aromatic N) is 1. The van der Waals surface area contributed by atoms with E-state index in [9.17, 15) is 32.3 Å². The molecule has 1 saturated heterocycles. The zero-order valence-electron chi connectivity index (χ0n) is 17.7. The van der Waals surface area contributed by atoms with Crippen LogP contribution in [0.15, 0.2) is 48.5 Å². The van der Waals surface area contributed by atoms with Gasteiger partial charge in [-0.2, -0.15) is 0 Å². The predicted octanol–water partition coefficient (Wildman–Crippen LogP) is 3.58. The van der Waals surface area contributed by atoms with Crippen LogP contribution < -0.4 is 15.4 Å². The van der Waals surface area contributed by atoms with Gasteiger partial charge in [-0.15, -0.1) is 13.2 Å². The molecule has 2 N–H and O–H groups in total. The zero-order chi connectivity index (χ0) is 24.4. The lowest BCUT2D eigenvalue weighted by Gasteiger charge is -2.22. The molecular formula is C22H20F3N3O5. The Bertz CT molecular complexity index is 1080. The maximum atomic E-state index is 13.0. The molecule has 33 heavy (non-hydrogen) atoms. The van der Waals surface area contributed by atoms with Crippen LogP contribution in [0.2, 0.25) is 0 Å². The van der Waals surface area contributed by atoms with Crippen LogP contribution in [0.1, 0.15) is 36.2 Å². The van der Waals surface area contributed by atoms with Gasteiger partial charge in [-0.25, -0.2) is 4.79 Å². The van der Waals surface area contributed by atoms with Crippen molar-refractivity contribution in [3.05, 3.63) is 59.7 Å². The highest BCUT2D eigenvalue weighted by Crippen LogP contribution is 2.31. The van der Waals surface area contributed by atoms with Crippen LogP contribution in [0.25, 0.3) is 0 Å². The van der Waals surface area contributed by atoms with Gasteiger partial charge in [0, 0.05) is 17.7 Å². The normalized spacial score (nSPS) is 18.2. The number of ketones is 1. The first-order valence-electron chi connectivity index (χ1n) is 9.86. The Morgan fingerprint density at radius 2 is 1.67 bits per heavy atom. The summed E-state index contributed by atoms with van der Waals surface area (Å²) in [5.41, 5.74) is -0.616. The van der Waals surface area contributed by atoms with Crippen LogP contribution in [0, 0.1) is 0 Å². The van der Waals surface area contributed by atoms with Crippen LogP contribution in [0.5, 0.6) is 5.75 Å². The largest absolute Gasteiger partial charge is 0.573 e. The number of ether oxygens (including phenoxy) is 1. The number of amides is 4. The van der Waals surface area contributed by atoms with E-state index in [1.807, 2.05) is 0 Å². The second-order valence-electron chi connectivity index (χ2n) is 7.42. The molecule has 8 nitrogen and oxygen atoms in total. The van der Waals surface area contributed by atoms with E-state index < -0.39 is 41.9 Å². The highest BCUT2D eigenvalue weighted by molar-refractivity contribution is 6.11. The Kier molecular flexibility index (Phi) is 6.43. The average molecular weight is 463 g/mol. The minimum atomic E-state index is -4.86. The third kappa shape index (κ3) is 5.30. The molecule has 4 amide bonds. The molecule has 0 aliphatic carbocycles. The summed E-state index contributed by atoms with van der Waals surface area (Å²) in [6, 6.07) is 9.69. The maximum absolute atomic E-state index is 13.0. The maximum Gasteiger partial charge on any atom is 0.573 e. The number of hydrogen-bond acceptors (Lipinski definition) is 5. The fraction of sp³-hybridized carbons (Fsp3) is 0.273. The van der Waals surface area contributed by atoms with Crippen LogP contribution in [-0.4, -0.2) is 41.4 Å². The second-order valence-corrected chi connectivity index (χ2v) is 7.42. The van der Waals surface area contributed by atoms with Crippen molar-refractivity contribution in [1.29, 1.82) is 0 Å². The first-order valence-corrected chi connectivity index (χ1v) is 9.86. The van der Waals surface area contributed by atoms with Gasteiger partial charge in [0.25, 0.3) is 5.91 Å². The van der Waals surface area contributed by atoms with E-state index in [0.717, 1.165) is 17.0 Å². The molecule has 3 rings (SSSR count). The summed E-state index contributed by atoms with van der Waals surface area (Å²) < 4.78 is 40.9. The molecule has 1 unspecified atom stereocenters. The monoisotopic (exact) mass is 463 g/mol. The predicted molar refractivity (Wildman–Crippen MR) is 110 cm³/mol. The van der Waals surface area contributed by atoms with Gasteiger partial charge >= 0.3 is 12.4 Å². The van der Waals surface area contributed by atoms with Crippen LogP contribution in [-0.2, 0) is 15.1 Å². The third-order valence-corrected chi connectivity index (χ3v) is 5.05. The van der Waals surface area contributed by atoms with Gasteiger partial charge in [-0.3, -0.25) is 19.3 Å². The number of imide groups is 1. The van der Waals surface area contributed by atoms with Crippen molar-refractivity contribution >= 4 is 29.3 Å². The summed E-state index contributed by atoms with van der Waals surface area (Å²) in [4.78, 5) is 50.2. The molecule has 0 saturated carbocycles. The summed E-state index contributed by atoms with van der Waals surface area (Å²) in [6.45, 7) is 2.56. The van der Waals surface area contributed by atoms with E-state index in [2.05, 4.69) is 15.4 Å². The van der Waals surface area contributed by atoms with E-state index >= 15 is 0 Å². The minimum absolute atomic E-state index is 0.189. The van der Waals surface area contributed by atoms with Gasteiger partial charge in [0.15, 0.2) is 5.78 Å². The summed E-state index contributed by atoms with van der Waals surface area (Å²) in [5.74, 6) is -1.90. The number of carbonyl (C=O) groups excluding carboxylic acids is 4. The topological polar surface area (TPSA) is 105 Å². The molecule has 2 aromatic rings. The van der Waals surface area contributed by atoms with Crippen molar-refractivity contribution < 1.29 is 37.1 Å². The highest BCUT2D eigenvalue weighted by atomic mass is 19.4. The van der Waals surface area contributed by atoms with Gasteiger partial charge in [0.2, 0.25) is 5.91 Å². The smallest absolute Gasteiger partial charge is 0.406 e. The number of alkyl halides is 3. The molecule has 1 fully saturated rings. The number of urea groups is 1. The number of halogens is 3. The number of anilines is 1. The van der Waals surface area contributed by atoms with E-state index in [4.69, 9.17) is 0 Å². The molecular weight excluding hydrogens is 443 g/mol. The van der Waals surface area contributed by atoms with E-state index in [1.165, 1.54) is 43.3 Å². The number of Topliss-reactive ketones (excluding diaryl/α,β-unsaturated/α-hetero) is 1. The fourth-order valence-corrected chi connectivity index (χ4v) is 3.25. The van der Waals surface area contributed by atoms with E-state index in [1.54, 1.807) is 6.92 Å². The SMILES string of the molecule is CCC(=O)Nc1ccc(C(=O)CN2C(=O)NC(C)(c3ccc(OC(F)(F)F)cc3)C2=O)cc1. The lowest BCUT2D eigenvalue weighted by molar-refractivity contribution is -0.274. The van der Waals surface area contributed by atoms with Gasteiger partial charge in [-0.05, 0) is 48.9 Å². The summed E-state index contributed by atoms with van der Waals surface area (Å²) in [6.07, 6.45) is -4.57. The Morgan fingerprint density at radius 3 is 2.21 bits per heavy atom. The number of rotatable bonds is 7. The summed E-state index contributed by atoms with van der Waals surface area (Å²) in [7, 11) is 0. The van der Waals surface area contributed by atoms with E-state index in [-0.39, 0.29) is 17.0 Å². The lowest BCUT2D eigenvalue weighted by Crippen LogP contribution is -2.41. The lowest BCUT2D eigenvalue weighted by atomic mass is 9.92. The van der Waals surface area contributed by atoms with E-state index in [0.29, 0.717) is 12.1 Å². The molecule has 11 heteroatoms. The van der Waals surface area contributed by atoms with Crippen molar-refractivity contribution in [1.82, 2.24) is 10.2 Å². The molecule has 2 aromatic carbocycles. The molecule has 1 aliphatic heterocycles. The van der Waals surface area contributed by atoms with Crippen molar-refractivity contribution in [3.63, 3.8) is 0 Å². The zero-order valence-corrected chi connectivity index (χ0v) is 17.7. The van der Waals surface area contributed by atoms with Crippen molar-refractivity contribution in [3.8, 4) is 5.75 Å². The Labute approximate surface area is 186 Å². The molecule has 1 atom stereocenters. The quantitative estimate of drug-likeness (QED) is 0.483. The van der Waals surface area contributed by atoms with Crippen molar-refractivity contribution in [2.24, 2.45) is 0 Å². The Balaban J connectivity index is 1.71. The molecule has 1 heterocycles. The van der Waals surface area contributed by atoms with Gasteiger partial charge in [0.1, 0.15) is 11.3 Å².